The summed E-state index contributed by atoms with van der Waals surface area (Å²) in [5, 5.41) is 13.6. The van der Waals surface area contributed by atoms with E-state index in [1.54, 1.807) is 10.9 Å². The third-order valence-corrected chi connectivity index (χ3v) is 2.87. The lowest BCUT2D eigenvalue weighted by Gasteiger charge is -2.05. The van der Waals surface area contributed by atoms with Gasteiger partial charge in [-0.1, -0.05) is 6.92 Å². The summed E-state index contributed by atoms with van der Waals surface area (Å²) in [6.45, 7) is 2.79. The number of hydrogen-bond donors (Lipinski definition) is 1. The lowest BCUT2D eigenvalue weighted by atomic mass is 10.2. The predicted octanol–water partition coefficient (Wildman–Crippen LogP) is 0.371. The van der Waals surface area contributed by atoms with Gasteiger partial charge in [-0.3, -0.25) is 4.68 Å². The first kappa shape index (κ1) is 12.2. The van der Waals surface area contributed by atoms with Crippen LogP contribution >= 0.6 is 0 Å². The fraction of sp³-hybridized carbons (Fsp3) is 0.667. The Morgan fingerprint density at radius 2 is 2.27 bits per heavy atom. The minimum Gasteiger partial charge on any atom is -0.387 e. The molecule has 0 aliphatic heterocycles. The minimum absolute atomic E-state index is 0.259. The standard InChI is InChI=1S/C9H16N2O3S/c1-3-4-11-6-8(5-10-11)9(12)7-15(2,13)14/h5-6,9,12H,3-4,7H2,1-2H3. The first-order chi connectivity index (χ1) is 6.92. The molecule has 0 saturated heterocycles. The molecule has 0 aliphatic carbocycles. The van der Waals surface area contributed by atoms with Crippen molar-refractivity contribution in [2.45, 2.75) is 26.0 Å². The molecule has 0 saturated carbocycles. The van der Waals surface area contributed by atoms with Crippen LogP contribution < -0.4 is 0 Å². The zero-order valence-corrected chi connectivity index (χ0v) is 9.74. The summed E-state index contributed by atoms with van der Waals surface area (Å²) in [6, 6.07) is 0. The van der Waals surface area contributed by atoms with Gasteiger partial charge in [-0.25, -0.2) is 8.42 Å². The van der Waals surface area contributed by atoms with Gasteiger partial charge in [0.1, 0.15) is 9.84 Å². The average Bonchev–Trinajstić information content (AvgIpc) is 2.50. The number of aromatic nitrogens is 2. The van der Waals surface area contributed by atoms with Gasteiger partial charge in [0.05, 0.1) is 18.1 Å². The predicted molar refractivity (Wildman–Crippen MR) is 57.2 cm³/mol. The van der Waals surface area contributed by atoms with Crippen molar-refractivity contribution in [3.05, 3.63) is 18.0 Å². The summed E-state index contributed by atoms with van der Waals surface area (Å²) in [6.07, 6.45) is 4.26. The molecule has 0 aliphatic rings. The monoisotopic (exact) mass is 232 g/mol. The molecule has 86 valence electrons. The molecule has 1 atom stereocenters. The van der Waals surface area contributed by atoms with Gasteiger partial charge in [-0.2, -0.15) is 5.10 Å². The molecule has 0 spiro atoms. The molecule has 0 amide bonds. The third-order valence-electron chi connectivity index (χ3n) is 1.95. The quantitative estimate of drug-likeness (QED) is 0.796. The second-order valence-electron chi connectivity index (χ2n) is 3.64. The van der Waals surface area contributed by atoms with E-state index in [1.807, 2.05) is 6.92 Å². The SMILES string of the molecule is CCCn1cc(C(O)CS(C)(=O)=O)cn1. The van der Waals surface area contributed by atoms with Gasteiger partial charge in [-0.05, 0) is 6.42 Å². The second kappa shape index (κ2) is 4.76. The highest BCUT2D eigenvalue weighted by Gasteiger charge is 2.15. The first-order valence-corrected chi connectivity index (χ1v) is 6.86. The molecule has 1 rings (SSSR count). The summed E-state index contributed by atoms with van der Waals surface area (Å²) in [5.74, 6) is -0.259. The van der Waals surface area contributed by atoms with Gasteiger partial charge in [0.15, 0.2) is 0 Å². The largest absolute Gasteiger partial charge is 0.387 e. The van der Waals surface area contributed by atoms with Gasteiger partial charge in [0.25, 0.3) is 0 Å². The molecule has 0 bridgehead atoms. The normalized spacial score (nSPS) is 14.1. The molecule has 0 radical (unpaired) electrons. The van der Waals surface area contributed by atoms with E-state index < -0.39 is 15.9 Å². The fourth-order valence-electron chi connectivity index (χ4n) is 1.29. The molecule has 1 heterocycles. The first-order valence-electron chi connectivity index (χ1n) is 4.80. The van der Waals surface area contributed by atoms with Crippen LogP contribution in [0.2, 0.25) is 0 Å². The number of sulfone groups is 1. The van der Waals surface area contributed by atoms with Crippen molar-refractivity contribution >= 4 is 9.84 Å². The maximum absolute atomic E-state index is 11.0. The van der Waals surface area contributed by atoms with Gasteiger partial charge in [0.2, 0.25) is 0 Å². The van der Waals surface area contributed by atoms with E-state index in [0.717, 1.165) is 19.2 Å². The Morgan fingerprint density at radius 1 is 1.60 bits per heavy atom. The van der Waals surface area contributed by atoms with Crippen molar-refractivity contribution in [1.82, 2.24) is 9.78 Å². The Hall–Kier alpha value is -0.880. The highest BCUT2D eigenvalue weighted by molar-refractivity contribution is 7.90. The summed E-state index contributed by atoms with van der Waals surface area (Å²) in [7, 11) is -3.16. The summed E-state index contributed by atoms with van der Waals surface area (Å²) < 4.78 is 23.6. The number of aliphatic hydroxyl groups is 1. The lowest BCUT2D eigenvalue weighted by Crippen LogP contribution is -2.12. The molecule has 0 fully saturated rings. The average molecular weight is 232 g/mol. The second-order valence-corrected chi connectivity index (χ2v) is 5.83. The van der Waals surface area contributed by atoms with Gasteiger partial charge >= 0.3 is 0 Å². The molecule has 1 aromatic rings. The van der Waals surface area contributed by atoms with Crippen LogP contribution in [0.15, 0.2) is 12.4 Å². The van der Waals surface area contributed by atoms with Crippen LogP contribution in [0.4, 0.5) is 0 Å². The molecule has 5 nitrogen and oxygen atoms in total. The Bertz CT molecular complexity index is 411. The molecule has 1 unspecified atom stereocenters. The number of nitrogens with zero attached hydrogens (tertiary/aromatic N) is 2. The van der Waals surface area contributed by atoms with E-state index in [-0.39, 0.29) is 5.75 Å². The minimum atomic E-state index is -3.16. The highest BCUT2D eigenvalue weighted by Crippen LogP contribution is 2.13. The van der Waals surface area contributed by atoms with E-state index in [0.29, 0.717) is 5.56 Å². The number of aryl methyl sites for hydroxylation is 1. The molecule has 15 heavy (non-hydrogen) atoms. The summed E-state index contributed by atoms with van der Waals surface area (Å²) >= 11 is 0. The van der Waals surface area contributed by atoms with Crippen molar-refractivity contribution in [3.63, 3.8) is 0 Å². The van der Waals surface area contributed by atoms with Crippen LogP contribution in [0, 0.1) is 0 Å². The summed E-state index contributed by atoms with van der Waals surface area (Å²) in [4.78, 5) is 0. The van der Waals surface area contributed by atoms with Crippen molar-refractivity contribution < 1.29 is 13.5 Å². The van der Waals surface area contributed by atoms with Crippen LogP contribution in [-0.4, -0.2) is 35.3 Å². The van der Waals surface area contributed by atoms with Crippen molar-refractivity contribution in [2.75, 3.05) is 12.0 Å². The van der Waals surface area contributed by atoms with Crippen molar-refractivity contribution in [2.24, 2.45) is 0 Å². The van der Waals surface area contributed by atoms with Crippen LogP contribution in [-0.2, 0) is 16.4 Å². The van der Waals surface area contributed by atoms with E-state index in [1.165, 1.54) is 6.20 Å². The number of aliphatic hydroxyl groups excluding tert-OH is 1. The Kier molecular flexibility index (Phi) is 3.87. The van der Waals surface area contributed by atoms with E-state index in [2.05, 4.69) is 5.10 Å². The smallest absolute Gasteiger partial charge is 0.150 e. The topological polar surface area (TPSA) is 72.2 Å². The van der Waals surface area contributed by atoms with Gasteiger partial charge < -0.3 is 5.11 Å². The molecule has 0 aromatic carbocycles. The lowest BCUT2D eigenvalue weighted by molar-refractivity contribution is 0.201. The van der Waals surface area contributed by atoms with Crippen molar-refractivity contribution in [3.8, 4) is 0 Å². The Labute approximate surface area is 89.6 Å². The number of rotatable bonds is 5. The maximum Gasteiger partial charge on any atom is 0.150 e. The van der Waals surface area contributed by atoms with Crippen molar-refractivity contribution in [1.29, 1.82) is 0 Å². The third kappa shape index (κ3) is 4.01. The van der Waals surface area contributed by atoms with E-state index >= 15 is 0 Å². The van der Waals surface area contributed by atoms with Crippen LogP contribution in [0.5, 0.6) is 0 Å². The fourth-order valence-corrected chi connectivity index (χ4v) is 2.05. The Morgan fingerprint density at radius 3 is 2.80 bits per heavy atom. The molecular weight excluding hydrogens is 216 g/mol. The molecular formula is C9H16N2O3S. The van der Waals surface area contributed by atoms with E-state index in [9.17, 15) is 13.5 Å². The van der Waals surface area contributed by atoms with Crippen LogP contribution in [0.3, 0.4) is 0 Å². The summed E-state index contributed by atoms with van der Waals surface area (Å²) in [5.41, 5.74) is 0.550. The molecule has 6 heteroatoms. The zero-order chi connectivity index (χ0) is 11.5. The van der Waals surface area contributed by atoms with E-state index in [4.69, 9.17) is 0 Å². The van der Waals surface area contributed by atoms with Gasteiger partial charge in [0, 0.05) is 24.6 Å². The Balaban J connectivity index is 2.70. The maximum atomic E-state index is 11.0. The molecule has 1 aromatic heterocycles. The van der Waals surface area contributed by atoms with Crippen LogP contribution in [0.1, 0.15) is 25.0 Å². The molecule has 1 N–H and O–H groups in total. The van der Waals surface area contributed by atoms with Gasteiger partial charge in [-0.15, -0.1) is 0 Å². The van der Waals surface area contributed by atoms with Crippen LogP contribution in [0.25, 0.3) is 0 Å². The highest BCUT2D eigenvalue weighted by atomic mass is 32.2. The zero-order valence-electron chi connectivity index (χ0n) is 8.92. The number of hydrogen-bond acceptors (Lipinski definition) is 4.